The summed E-state index contributed by atoms with van der Waals surface area (Å²) in [6.45, 7) is 7.99. The van der Waals surface area contributed by atoms with Gasteiger partial charge < -0.3 is 15.0 Å². The molecule has 1 fully saturated rings. The van der Waals surface area contributed by atoms with Gasteiger partial charge in [0.2, 0.25) is 0 Å². The van der Waals surface area contributed by atoms with E-state index >= 15 is 0 Å². The summed E-state index contributed by atoms with van der Waals surface area (Å²) >= 11 is 1.69. The molecule has 6 heteroatoms. The molecule has 0 saturated carbocycles. The Balaban J connectivity index is 1.84. The van der Waals surface area contributed by atoms with Crippen molar-refractivity contribution in [1.29, 1.82) is 0 Å². The largest absolute Gasteiger partial charge is 0.379 e. The van der Waals surface area contributed by atoms with E-state index in [0.717, 1.165) is 43.5 Å². The number of imidazole rings is 1. The van der Waals surface area contributed by atoms with Crippen LogP contribution in [0.1, 0.15) is 26.0 Å². The van der Waals surface area contributed by atoms with Crippen LogP contribution in [-0.4, -0.2) is 42.2 Å². The molecule has 2 aromatic heterocycles. The number of aromatic nitrogens is 2. The van der Waals surface area contributed by atoms with Gasteiger partial charge in [0.15, 0.2) is 10.8 Å². The van der Waals surface area contributed by atoms with E-state index in [1.165, 1.54) is 5.69 Å². The fourth-order valence-electron chi connectivity index (χ4n) is 2.75. The van der Waals surface area contributed by atoms with Crippen LogP contribution in [0, 0.1) is 5.92 Å². The minimum Gasteiger partial charge on any atom is -0.379 e. The maximum absolute atomic E-state index is 5.52. The fourth-order valence-corrected chi connectivity index (χ4v) is 3.48. The van der Waals surface area contributed by atoms with Gasteiger partial charge in [0.05, 0.1) is 18.3 Å². The third-order valence-corrected chi connectivity index (χ3v) is 4.73. The Morgan fingerprint density at radius 3 is 3.14 bits per heavy atom. The molecular formula is C15H24N4OS. The lowest BCUT2D eigenvalue weighted by molar-refractivity contribution is 0.193. The Hall–Kier alpha value is -1.11. The number of nitrogens with zero attached hydrogens (tertiary/aromatic N) is 3. The Morgan fingerprint density at radius 2 is 2.43 bits per heavy atom. The highest BCUT2D eigenvalue weighted by molar-refractivity contribution is 7.15. The zero-order valence-electron chi connectivity index (χ0n) is 13.0. The lowest BCUT2D eigenvalue weighted by atomic mass is 10.2. The molecule has 0 radical (unpaired) electrons. The van der Waals surface area contributed by atoms with Crippen LogP contribution in [0.15, 0.2) is 11.6 Å². The van der Waals surface area contributed by atoms with Crippen LogP contribution >= 0.6 is 11.3 Å². The Kier molecular flexibility index (Phi) is 4.47. The summed E-state index contributed by atoms with van der Waals surface area (Å²) in [5.41, 5.74) is 1.25. The summed E-state index contributed by atoms with van der Waals surface area (Å²) in [6, 6.07) is 0.443. The predicted molar refractivity (Wildman–Crippen MR) is 87.2 cm³/mol. The number of ether oxygens (including phenoxy) is 1. The van der Waals surface area contributed by atoms with E-state index in [1.54, 1.807) is 11.3 Å². The fraction of sp³-hybridized carbons (Fsp3) is 0.667. The van der Waals surface area contributed by atoms with Crippen LogP contribution in [-0.2, 0) is 11.3 Å². The Morgan fingerprint density at radius 1 is 1.57 bits per heavy atom. The summed E-state index contributed by atoms with van der Waals surface area (Å²) in [6.07, 6.45) is 3.20. The smallest absolute Gasteiger partial charge is 0.195 e. The number of anilines is 1. The molecule has 1 unspecified atom stereocenters. The quantitative estimate of drug-likeness (QED) is 0.889. The normalized spacial score (nSPS) is 19.0. The highest BCUT2D eigenvalue weighted by atomic mass is 32.1. The molecule has 0 aliphatic carbocycles. The van der Waals surface area contributed by atoms with E-state index in [2.05, 4.69) is 47.1 Å². The number of thiazole rings is 1. The van der Waals surface area contributed by atoms with E-state index in [4.69, 9.17) is 9.72 Å². The van der Waals surface area contributed by atoms with Crippen molar-refractivity contribution < 1.29 is 4.74 Å². The van der Waals surface area contributed by atoms with Crippen LogP contribution in [0.25, 0.3) is 4.96 Å². The topological polar surface area (TPSA) is 41.8 Å². The van der Waals surface area contributed by atoms with Gasteiger partial charge in [0.25, 0.3) is 0 Å². The molecule has 5 nitrogen and oxygen atoms in total. The molecule has 2 aromatic rings. The van der Waals surface area contributed by atoms with Crippen LogP contribution in [0.3, 0.4) is 0 Å². The predicted octanol–water partition coefficient (Wildman–Crippen LogP) is 2.37. The molecule has 3 heterocycles. The van der Waals surface area contributed by atoms with Gasteiger partial charge >= 0.3 is 0 Å². The van der Waals surface area contributed by atoms with Crippen LogP contribution in [0.2, 0.25) is 0 Å². The van der Waals surface area contributed by atoms with Gasteiger partial charge in [-0.05, 0) is 18.9 Å². The second-order valence-electron chi connectivity index (χ2n) is 6.09. The van der Waals surface area contributed by atoms with Gasteiger partial charge in [-0.3, -0.25) is 4.40 Å². The molecule has 21 heavy (non-hydrogen) atoms. The molecule has 0 spiro atoms. The highest BCUT2D eigenvalue weighted by Gasteiger charge is 2.25. The number of fused-ring (bicyclic) bond motifs is 1. The summed E-state index contributed by atoms with van der Waals surface area (Å²) in [5.74, 6) is 1.74. The number of likely N-dealkylation sites (N-methyl/N-ethyl adjacent to an activating group) is 1. The van der Waals surface area contributed by atoms with Crippen molar-refractivity contribution in [3.8, 4) is 0 Å². The Bertz CT molecular complexity index is 586. The zero-order chi connectivity index (χ0) is 14.8. The molecule has 1 atom stereocenters. The summed E-state index contributed by atoms with van der Waals surface area (Å²) in [7, 11) is 2.14. The standard InChI is InChI=1S/C15H24N4OS/c1-11(2)8-16-9-13-14(17-15-19(13)5-7-21-15)18(3)12-4-6-20-10-12/h5,7,11-12,16H,4,6,8-10H2,1-3H3. The van der Waals surface area contributed by atoms with Crippen molar-refractivity contribution >= 4 is 22.1 Å². The zero-order valence-corrected chi connectivity index (χ0v) is 13.8. The Labute approximate surface area is 129 Å². The van der Waals surface area contributed by atoms with Crippen LogP contribution in [0.5, 0.6) is 0 Å². The number of hydrogen-bond donors (Lipinski definition) is 1. The number of hydrogen-bond acceptors (Lipinski definition) is 5. The molecule has 1 N–H and O–H groups in total. The highest BCUT2D eigenvalue weighted by Crippen LogP contribution is 2.27. The van der Waals surface area contributed by atoms with Gasteiger partial charge in [-0.25, -0.2) is 4.98 Å². The second kappa shape index (κ2) is 6.34. The maximum atomic E-state index is 5.52. The molecule has 0 amide bonds. The monoisotopic (exact) mass is 308 g/mol. The summed E-state index contributed by atoms with van der Waals surface area (Å²) in [5, 5.41) is 5.63. The van der Waals surface area contributed by atoms with Crippen molar-refractivity contribution in [2.45, 2.75) is 32.9 Å². The first kappa shape index (κ1) is 14.8. The molecule has 1 saturated heterocycles. The first-order valence-corrected chi connectivity index (χ1v) is 8.50. The summed E-state index contributed by atoms with van der Waals surface area (Å²) < 4.78 is 7.73. The molecule has 0 bridgehead atoms. The van der Waals surface area contributed by atoms with Crippen molar-refractivity contribution in [1.82, 2.24) is 14.7 Å². The molecule has 0 aromatic carbocycles. The minimum absolute atomic E-state index is 0.443. The van der Waals surface area contributed by atoms with Crippen molar-refractivity contribution in [3.05, 3.63) is 17.3 Å². The SMILES string of the molecule is CC(C)CNCc1c(N(C)C2CCOC2)nc2sccn12. The molecular weight excluding hydrogens is 284 g/mol. The molecule has 116 valence electrons. The molecule has 3 rings (SSSR count). The van der Waals surface area contributed by atoms with E-state index in [0.29, 0.717) is 12.0 Å². The van der Waals surface area contributed by atoms with E-state index in [9.17, 15) is 0 Å². The number of nitrogens with one attached hydrogen (secondary N) is 1. The number of rotatable bonds is 6. The van der Waals surface area contributed by atoms with Gasteiger partial charge in [-0.2, -0.15) is 0 Å². The molecule has 1 aliphatic rings. The van der Waals surface area contributed by atoms with Crippen molar-refractivity contribution in [2.24, 2.45) is 5.92 Å². The van der Waals surface area contributed by atoms with Crippen molar-refractivity contribution in [3.63, 3.8) is 0 Å². The van der Waals surface area contributed by atoms with Gasteiger partial charge in [-0.15, -0.1) is 11.3 Å². The van der Waals surface area contributed by atoms with E-state index in [1.807, 2.05) is 0 Å². The van der Waals surface area contributed by atoms with Gasteiger partial charge in [0.1, 0.15) is 0 Å². The first-order chi connectivity index (χ1) is 10.2. The van der Waals surface area contributed by atoms with E-state index < -0.39 is 0 Å². The lowest BCUT2D eigenvalue weighted by Crippen LogP contribution is -2.33. The second-order valence-corrected chi connectivity index (χ2v) is 6.96. The maximum Gasteiger partial charge on any atom is 0.195 e. The van der Waals surface area contributed by atoms with Crippen molar-refractivity contribution in [2.75, 3.05) is 31.7 Å². The summed E-state index contributed by atoms with van der Waals surface area (Å²) in [4.78, 5) is 8.18. The third-order valence-electron chi connectivity index (χ3n) is 3.97. The average molecular weight is 308 g/mol. The van der Waals surface area contributed by atoms with Crippen LogP contribution in [0.4, 0.5) is 5.82 Å². The van der Waals surface area contributed by atoms with E-state index in [-0.39, 0.29) is 0 Å². The van der Waals surface area contributed by atoms with Gasteiger partial charge in [-0.1, -0.05) is 13.8 Å². The first-order valence-electron chi connectivity index (χ1n) is 7.62. The van der Waals surface area contributed by atoms with Gasteiger partial charge in [0, 0.05) is 31.8 Å². The third kappa shape index (κ3) is 3.07. The van der Waals surface area contributed by atoms with Crippen LogP contribution < -0.4 is 10.2 Å². The minimum atomic E-state index is 0.443. The lowest BCUT2D eigenvalue weighted by Gasteiger charge is -2.24. The average Bonchev–Trinajstić information content (AvgIpc) is 3.15. The molecule has 1 aliphatic heterocycles.